The number of aromatic nitrogens is 1. The van der Waals surface area contributed by atoms with Gasteiger partial charge in [-0.2, -0.15) is 6.07 Å². The van der Waals surface area contributed by atoms with Crippen molar-refractivity contribution in [1.29, 1.82) is 0 Å². The summed E-state index contributed by atoms with van der Waals surface area (Å²) < 4.78 is 0. The third-order valence-corrected chi connectivity index (χ3v) is 0.771. The maximum atomic E-state index is 10.0. The number of carboxylic acid groups (broad SMARTS) is 1. The molecule has 0 aliphatic carbocycles. The molecule has 3 heteroatoms. The molecule has 8 heavy (non-hydrogen) atoms. The van der Waals surface area contributed by atoms with E-state index in [1.807, 2.05) is 0 Å². The van der Waals surface area contributed by atoms with E-state index in [-0.39, 0.29) is 5.56 Å². The summed E-state index contributed by atoms with van der Waals surface area (Å²) in [4.78, 5) is 12.5. The van der Waals surface area contributed by atoms with E-state index in [0.29, 0.717) is 0 Å². The number of aromatic carboxylic acids is 1. The molecule has 0 unspecified atom stereocenters. The Morgan fingerprint density at radius 1 is 1.88 bits per heavy atom. The molecule has 0 aromatic carbocycles. The standard InChI is InChI=1S/C5H4NO2/c7-5(8)4-1-2-6-3-4/h1-2,6H,(H,7,8)/q-1. The van der Waals surface area contributed by atoms with Gasteiger partial charge in [0.2, 0.25) is 5.97 Å². The van der Waals surface area contributed by atoms with E-state index in [1.54, 1.807) is 0 Å². The van der Waals surface area contributed by atoms with Crippen LogP contribution in [0.4, 0.5) is 0 Å². The molecule has 0 atom stereocenters. The topological polar surface area (TPSA) is 53.1 Å². The summed E-state index contributed by atoms with van der Waals surface area (Å²) in [5.41, 5.74) is 0.171. The number of aromatic amines is 1. The summed E-state index contributed by atoms with van der Waals surface area (Å²) in [5.74, 6) is -0.953. The molecule has 0 aliphatic rings. The molecule has 0 saturated carbocycles. The van der Waals surface area contributed by atoms with E-state index in [2.05, 4.69) is 11.2 Å². The Hall–Kier alpha value is -1.25. The van der Waals surface area contributed by atoms with Gasteiger partial charge in [0.25, 0.3) is 0 Å². The summed E-state index contributed by atoms with van der Waals surface area (Å²) in [6.45, 7) is 0. The highest BCUT2D eigenvalue weighted by Crippen LogP contribution is 1.92. The molecule has 0 spiro atoms. The first-order valence-electron chi connectivity index (χ1n) is 2.09. The lowest BCUT2D eigenvalue weighted by molar-refractivity contribution is 0.0697. The molecule has 0 radical (unpaired) electrons. The zero-order chi connectivity index (χ0) is 5.98. The Morgan fingerprint density at radius 2 is 2.62 bits per heavy atom. The zero-order valence-corrected chi connectivity index (χ0v) is 4.01. The first kappa shape index (κ1) is 4.90. The SMILES string of the molecule is O=C(O)c1[c-][nH]cc1. The smallest absolute Gasteiger partial charge is 0.248 e. The number of H-pyrrole nitrogens is 1. The van der Waals surface area contributed by atoms with Gasteiger partial charge in [-0.1, -0.05) is 11.8 Å². The molecule has 1 rings (SSSR count). The van der Waals surface area contributed by atoms with Crippen LogP contribution in [0.15, 0.2) is 12.3 Å². The first-order valence-corrected chi connectivity index (χ1v) is 2.09. The van der Waals surface area contributed by atoms with E-state index in [1.165, 1.54) is 12.3 Å². The van der Waals surface area contributed by atoms with Crippen LogP contribution in [0.25, 0.3) is 0 Å². The third kappa shape index (κ3) is 0.703. The second-order valence-electron chi connectivity index (χ2n) is 1.32. The lowest BCUT2D eigenvalue weighted by Crippen LogP contribution is -1.91. The van der Waals surface area contributed by atoms with Crippen molar-refractivity contribution in [2.75, 3.05) is 0 Å². The molecule has 3 nitrogen and oxygen atoms in total. The van der Waals surface area contributed by atoms with Gasteiger partial charge in [0.15, 0.2) is 0 Å². The minimum absolute atomic E-state index is 0.171. The minimum Gasteiger partial charge on any atom is -0.521 e. The molecule has 0 fully saturated rings. The van der Waals surface area contributed by atoms with Gasteiger partial charge < -0.3 is 14.9 Å². The number of hydrogen-bond donors (Lipinski definition) is 2. The van der Waals surface area contributed by atoms with Crippen molar-refractivity contribution >= 4 is 5.97 Å². The summed E-state index contributed by atoms with van der Waals surface area (Å²) in [6.07, 6.45) is 3.93. The normalized spacial score (nSPS) is 9.00. The molecule has 1 aromatic heterocycles. The van der Waals surface area contributed by atoms with Gasteiger partial charge >= 0.3 is 0 Å². The molecule has 1 heterocycles. The highest BCUT2D eigenvalue weighted by atomic mass is 16.4. The quantitative estimate of drug-likeness (QED) is 0.517. The van der Waals surface area contributed by atoms with E-state index in [9.17, 15) is 4.79 Å². The number of carboxylic acids is 1. The van der Waals surface area contributed by atoms with Gasteiger partial charge in [-0.15, -0.1) is 6.20 Å². The zero-order valence-electron chi connectivity index (χ0n) is 4.01. The predicted molar refractivity (Wildman–Crippen MR) is 26.6 cm³/mol. The molecule has 1 aromatic rings. The van der Waals surface area contributed by atoms with Crippen LogP contribution in [-0.4, -0.2) is 16.1 Å². The Labute approximate surface area is 46.0 Å². The number of hydrogen-bond acceptors (Lipinski definition) is 1. The van der Waals surface area contributed by atoms with Crippen molar-refractivity contribution in [2.45, 2.75) is 0 Å². The second-order valence-corrected chi connectivity index (χ2v) is 1.32. The lowest BCUT2D eigenvalue weighted by atomic mass is 10.4. The summed E-state index contributed by atoms with van der Waals surface area (Å²) in [5, 5.41) is 8.22. The van der Waals surface area contributed by atoms with Crippen LogP contribution >= 0.6 is 0 Å². The van der Waals surface area contributed by atoms with Crippen molar-refractivity contribution in [3.05, 3.63) is 24.0 Å². The maximum absolute atomic E-state index is 10.0. The van der Waals surface area contributed by atoms with E-state index in [4.69, 9.17) is 5.11 Å². The van der Waals surface area contributed by atoms with Crippen LogP contribution in [0.2, 0.25) is 0 Å². The van der Waals surface area contributed by atoms with Crippen LogP contribution in [-0.2, 0) is 0 Å². The van der Waals surface area contributed by atoms with Gasteiger partial charge in [-0.3, -0.25) is 0 Å². The molecule has 0 aliphatic heterocycles. The molecular formula is C5H4NO2-. The Bertz CT molecular complexity index is 178. The van der Waals surface area contributed by atoms with Gasteiger partial charge in [-0.25, -0.2) is 0 Å². The van der Waals surface area contributed by atoms with Crippen molar-refractivity contribution in [1.82, 2.24) is 4.98 Å². The monoisotopic (exact) mass is 110 g/mol. The van der Waals surface area contributed by atoms with Crippen LogP contribution in [0.3, 0.4) is 0 Å². The summed E-state index contributed by atoms with van der Waals surface area (Å²) >= 11 is 0. The molecule has 42 valence electrons. The fraction of sp³-hybridized carbons (Fsp3) is 0. The maximum Gasteiger partial charge on any atom is 0.248 e. The summed E-state index contributed by atoms with van der Waals surface area (Å²) in [6, 6.07) is 1.45. The highest BCUT2D eigenvalue weighted by Gasteiger charge is 1.87. The Morgan fingerprint density at radius 3 is 2.88 bits per heavy atom. The van der Waals surface area contributed by atoms with Crippen LogP contribution in [0.5, 0.6) is 0 Å². The first-order chi connectivity index (χ1) is 3.80. The lowest BCUT2D eigenvalue weighted by Gasteiger charge is -1.88. The van der Waals surface area contributed by atoms with Crippen LogP contribution in [0, 0.1) is 6.20 Å². The number of nitrogens with one attached hydrogen (secondary N) is 1. The van der Waals surface area contributed by atoms with Crippen LogP contribution in [0.1, 0.15) is 10.4 Å². The molecule has 0 bridgehead atoms. The van der Waals surface area contributed by atoms with Gasteiger partial charge in [0, 0.05) is 0 Å². The van der Waals surface area contributed by atoms with Crippen LogP contribution < -0.4 is 0 Å². The largest absolute Gasteiger partial charge is 0.521 e. The van der Waals surface area contributed by atoms with Crippen molar-refractivity contribution in [3.8, 4) is 0 Å². The van der Waals surface area contributed by atoms with Crippen molar-refractivity contribution in [2.24, 2.45) is 0 Å². The second kappa shape index (κ2) is 1.69. The summed E-state index contributed by atoms with van der Waals surface area (Å²) in [7, 11) is 0. The average molecular weight is 110 g/mol. The third-order valence-electron chi connectivity index (χ3n) is 0.771. The Kier molecular flexibility index (Phi) is 1.04. The number of rotatable bonds is 1. The van der Waals surface area contributed by atoms with Gasteiger partial charge in [-0.05, 0) is 0 Å². The van der Waals surface area contributed by atoms with E-state index >= 15 is 0 Å². The van der Waals surface area contributed by atoms with Gasteiger partial charge in [0.1, 0.15) is 0 Å². The highest BCUT2D eigenvalue weighted by molar-refractivity contribution is 5.86. The minimum atomic E-state index is -0.953. The fourth-order valence-electron chi connectivity index (χ4n) is 0.411. The van der Waals surface area contributed by atoms with Gasteiger partial charge in [0.05, 0.1) is 0 Å². The predicted octanol–water partition coefficient (Wildman–Crippen LogP) is 0.513. The average Bonchev–Trinajstić information content (AvgIpc) is 2.12. The molecule has 0 saturated heterocycles. The van der Waals surface area contributed by atoms with Crippen molar-refractivity contribution < 1.29 is 9.90 Å². The van der Waals surface area contributed by atoms with E-state index in [0.717, 1.165) is 0 Å². The van der Waals surface area contributed by atoms with Crippen molar-refractivity contribution in [3.63, 3.8) is 0 Å². The molecule has 2 N–H and O–H groups in total. The Balaban J connectivity index is 2.93. The number of carbonyl (C=O) groups is 1. The fourth-order valence-corrected chi connectivity index (χ4v) is 0.411. The molecular weight excluding hydrogens is 106 g/mol. The van der Waals surface area contributed by atoms with E-state index < -0.39 is 5.97 Å². The molecule has 0 amide bonds.